The van der Waals surface area contributed by atoms with Gasteiger partial charge in [-0.15, -0.1) is 0 Å². The Morgan fingerprint density at radius 3 is 0.851 bits per heavy atom. The largest absolute Gasteiger partial charge is 0.490 e. The third-order valence-electron chi connectivity index (χ3n) is 9.74. The van der Waals surface area contributed by atoms with Crippen LogP contribution in [0.5, 0.6) is 17.2 Å². The van der Waals surface area contributed by atoms with Gasteiger partial charge < -0.3 is 14.2 Å². The maximum Gasteiger partial charge on any atom is 0.203 e. The summed E-state index contributed by atoms with van der Waals surface area (Å²) in [5.41, 5.74) is 1.27. The molecule has 1 aromatic carbocycles. The van der Waals surface area contributed by atoms with Crippen molar-refractivity contribution < 1.29 is 14.2 Å². The Hall–Kier alpha value is -1.38. The molecule has 1 rings (SSSR count). The van der Waals surface area contributed by atoms with Crippen molar-refractivity contribution in [1.82, 2.24) is 0 Å². The van der Waals surface area contributed by atoms with Crippen LogP contribution in [0.15, 0.2) is 12.1 Å². The van der Waals surface area contributed by atoms with E-state index in [1.807, 2.05) is 0 Å². The molecule has 0 saturated heterocycles. The van der Waals surface area contributed by atoms with Gasteiger partial charge in [-0.25, -0.2) is 0 Å². The molecular formula is C44H82O3. The van der Waals surface area contributed by atoms with Crippen molar-refractivity contribution >= 4 is 0 Å². The molecule has 0 spiro atoms. The van der Waals surface area contributed by atoms with E-state index in [4.69, 9.17) is 14.2 Å². The topological polar surface area (TPSA) is 27.7 Å². The fourth-order valence-electron chi connectivity index (χ4n) is 6.50. The Morgan fingerprint density at radius 2 is 0.574 bits per heavy atom. The van der Waals surface area contributed by atoms with E-state index >= 15 is 0 Å². The predicted octanol–water partition coefficient (Wildman–Crippen LogP) is 15.1. The van der Waals surface area contributed by atoms with Gasteiger partial charge in [0, 0.05) is 0 Å². The number of unbranched alkanes of at least 4 members (excludes halogenated alkanes) is 27. The molecular weight excluding hydrogens is 576 g/mol. The van der Waals surface area contributed by atoms with E-state index in [2.05, 4.69) is 39.8 Å². The van der Waals surface area contributed by atoms with E-state index in [0.717, 1.165) is 62.8 Å². The number of hydrogen-bond donors (Lipinski definition) is 0. The second kappa shape index (κ2) is 34.5. The number of aryl methyl sites for hydroxylation is 1. The van der Waals surface area contributed by atoms with E-state index in [-0.39, 0.29) is 0 Å². The van der Waals surface area contributed by atoms with Crippen LogP contribution in [0.3, 0.4) is 0 Å². The molecule has 0 amide bonds. The van der Waals surface area contributed by atoms with Gasteiger partial charge in [0.2, 0.25) is 5.75 Å². The molecule has 0 radical (unpaired) electrons. The molecule has 0 heterocycles. The van der Waals surface area contributed by atoms with Crippen LogP contribution < -0.4 is 14.2 Å². The van der Waals surface area contributed by atoms with Crippen LogP contribution in [0.25, 0.3) is 0 Å². The molecule has 0 saturated carbocycles. The van der Waals surface area contributed by atoms with E-state index < -0.39 is 0 Å². The van der Waals surface area contributed by atoms with Gasteiger partial charge >= 0.3 is 0 Å². The molecule has 0 fully saturated rings. The van der Waals surface area contributed by atoms with Gasteiger partial charge in [-0.05, 0) is 43.4 Å². The van der Waals surface area contributed by atoms with Crippen LogP contribution in [-0.2, 0) is 6.42 Å². The maximum atomic E-state index is 6.49. The van der Waals surface area contributed by atoms with Crippen LogP contribution in [0.2, 0.25) is 0 Å². The third kappa shape index (κ3) is 26.2. The Labute approximate surface area is 295 Å². The molecule has 0 N–H and O–H groups in total. The summed E-state index contributed by atoms with van der Waals surface area (Å²) in [6.07, 6.45) is 41.1. The zero-order chi connectivity index (χ0) is 33.9. The highest BCUT2D eigenvalue weighted by molar-refractivity contribution is 5.54. The lowest BCUT2D eigenvalue weighted by Gasteiger charge is -2.19. The van der Waals surface area contributed by atoms with Gasteiger partial charge in [0.05, 0.1) is 19.8 Å². The molecule has 0 aliphatic carbocycles. The summed E-state index contributed by atoms with van der Waals surface area (Å²) in [5.74, 6) is 2.63. The van der Waals surface area contributed by atoms with Crippen molar-refractivity contribution in [1.29, 1.82) is 0 Å². The van der Waals surface area contributed by atoms with Crippen molar-refractivity contribution in [2.24, 2.45) is 0 Å². The molecule has 0 aliphatic rings. The van der Waals surface area contributed by atoms with Crippen molar-refractivity contribution in [3.05, 3.63) is 17.7 Å². The van der Waals surface area contributed by atoms with Crippen molar-refractivity contribution in [3.63, 3.8) is 0 Å². The Bertz CT molecular complexity index is 728. The highest BCUT2D eigenvalue weighted by atomic mass is 16.5. The van der Waals surface area contributed by atoms with Gasteiger partial charge in [0.15, 0.2) is 11.5 Å². The SMILES string of the molecule is CCCCCCCCCCCCOc1cc(CC)cc(OCCCCCCCCCCCC)c1OCCCCCCCCCCCC. The first-order chi connectivity index (χ1) is 23.3. The van der Waals surface area contributed by atoms with Gasteiger partial charge in [0.25, 0.3) is 0 Å². The highest BCUT2D eigenvalue weighted by Gasteiger charge is 2.16. The standard InChI is InChI=1S/C44H82O3/c1-5-9-12-15-18-21-24-27-30-33-36-45-42-39-41(8-4)40-43(46-37-34-31-28-25-22-19-16-13-10-6-2)44(42)47-38-35-32-29-26-23-20-17-14-11-7-3/h39-40H,5-38H2,1-4H3. The summed E-state index contributed by atoms with van der Waals surface area (Å²) in [6.45, 7) is 11.4. The molecule has 1 aromatic rings. The molecule has 276 valence electrons. The normalized spacial score (nSPS) is 11.3. The molecule has 0 aliphatic heterocycles. The highest BCUT2D eigenvalue weighted by Crippen LogP contribution is 2.40. The lowest BCUT2D eigenvalue weighted by atomic mass is 10.1. The molecule has 0 unspecified atom stereocenters. The minimum atomic E-state index is 0.741. The van der Waals surface area contributed by atoms with Gasteiger partial charge in [0.1, 0.15) is 0 Å². The lowest BCUT2D eigenvalue weighted by molar-refractivity contribution is 0.234. The first-order valence-corrected chi connectivity index (χ1v) is 21.3. The van der Waals surface area contributed by atoms with Gasteiger partial charge in [-0.1, -0.05) is 201 Å². The van der Waals surface area contributed by atoms with E-state index in [1.54, 1.807) is 0 Å². The van der Waals surface area contributed by atoms with Crippen LogP contribution in [-0.4, -0.2) is 19.8 Å². The first kappa shape index (κ1) is 43.6. The monoisotopic (exact) mass is 659 g/mol. The molecule has 3 heteroatoms. The number of ether oxygens (including phenoxy) is 3. The van der Waals surface area contributed by atoms with E-state index in [0.29, 0.717) is 0 Å². The maximum absolute atomic E-state index is 6.49. The molecule has 3 nitrogen and oxygen atoms in total. The summed E-state index contributed by atoms with van der Waals surface area (Å²) in [4.78, 5) is 0. The van der Waals surface area contributed by atoms with Crippen molar-refractivity contribution in [3.8, 4) is 17.2 Å². The number of benzene rings is 1. The fourth-order valence-corrected chi connectivity index (χ4v) is 6.50. The number of hydrogen-bond acceptors (Lipinski definition) is 3. The van der Waals surface area contributed by atoms with Crippen LogP contribution in [0.1, 0.15) is 226 Å². The average Bonchev–Trinajstić information content (AvgIpc) is 3.09. The smallest absolute Gasteiger partial charge is 0.203 e. The van der Waals surface area contributed by atoms with E-state index in [1.165, 1.54) is 179 Å². The Balaban J connectivity index is 2.54. The predicted molar refractivity (Wildman–Crippen MR) is 208 cm³/mol. The molecule has 0 bridgehead atoms. The van der Waals surface area contributed by atoms with Gasteiger partial charge in [-0.2, -0.15) is 0 Å². The summed E-state index contributed by atoms with van der Waals surface area (Å²) in [7, 11) is 0. The average molecular weight is 659 g/mol. The quantitative estimate of drug-likeness (QED) is 0.0666. The number of rotatable bonds is 37. The van der Waals surface area contributed by atoms with Crippen LogP contribution >= 0.6 is 0 Å². The van der Waals surface area contributed by atoms with E-state index in [9.17, 15) is 0 Å². The molecule has 0 atom stereocenters. The summed E-state index contributed by atoms with van der Waals surface area (Å²) >= 11 is 0. The summed E-state index contributed by atoms with van der Waals surface area (Å²) < 4.78 is 19.4. The zero-order valence-corrected chi connectivity index (χ0v) is 32.4. The minimum Gasteiger partial charge on any atom is -0.490 e. The van der Waals surface area contributed by atoms with Crippen LogP contribution in [0, 0.1) is 0 Å². The fraction of sp³-hybridized carbons (Fsp3) is 0.864. The van der Waals surface area contributed by atoms with Crippen molar-refractivity contribution in [2.75, 3.05) is 19.8 Å². The molecule has 0 aromatic heterocycles. The molecule has 47 heavy (non-hydrogen) atoms. The second-order valence-corrected chi connectivity index (χ2v) is 14.4. The third-order valence-corrected chi connectivity index (χ3v) is 9.74. The van der Waals surface area contributed by atoms with Crippen LogP contribution in [0.4, 0.5) is 0 Å². The second-order valence-electron chi connectivity index (χ2n) is 14.4. The minimum absolute atomic E-state index is 0.741. The summed E-state index contributed by atoms with van der Waals surface area (Å²) in [6, 6.07) is 4.41. The Kier molecular flexibility index (Phi) is 32.0. The lowest BCUT2D eigenvalue weighted by Crippen LogP contribution is -2.07. The van der Waals surface area contributed by atoms with Crippen molar-refractivity contribution in [2.45, 2.75) is 227 Å². The Morgan fingerprint density at radius 1 is 0.319 bits per heavy atom. The zero-order valence-electron chi connectivity index (χ0n) is 32.4. The first-order valence-electron chi connectivity index (χ1n) is 21.3. The van der Waals surface area contributed by atoms with Gasteiger partial charge in [-0.3, -0.25) is 0 Å². The summed E-state index contributed by atoms with van der Waals surface area (Å²) in [5, 5.41) is 0.